The topological polar surface area (TPSA) is 55.8 Å². The number of rotatable bonds is 4. The normalized spacial score (nSPS) is 22.0. The zero-order valence-electron chi connectivity index (χ0n) is 14.8. The number of urea groups is 1. The molecule has 2 aliphatic rings. The van der Waals surface area contributed by atoms with E-state index < -0.39 is 0 Å². The molecular weight excluding hydrogens is 302 g/mol. The Labute approximate surface area is 144 Å². The van der Waals surface area contributed by atoms with Gasteiger partial charge in [-0.15, -0.1) is 0 Å². The summed E-state index contributed by atoms with van der Waals surface area (Å²) in [6.45, 7) is 8.06. The third-order valence-electron chi connectivity index (χ3n) is 5.31. The van der Waals surface area contributed by atoms with Crippen molar-refractivity contribution in [3.05, 3.63) is 29.3 Å². The van der Waals surface area contributed by atoms with Crippen LogP contribution in [0, 0.1) is 12.8 Å². The van der Waals surface area contributed by atoms with Gasteiger partial charge in [0.2, 0.25) is 0 Å². The van der Waals surface area contributed by atoms with Crippen LogP contribution in [-0.2, 0) is 6.54 Å². The monoisotopic (exact) mass is 331 g/mol. The fraction of sp³-hybridized carbons (Fsp3) is 0.632. The molecular formula is C19H29N3O2. The van der Waals surface area contributed by atoms with Crippen LogP contribution in [0.2, 0.25) is 0 Å². The van der Waals surface area contributed by atoms with Crippen LogP contribution in [0.5, 0.6) is 0 Å². The summed E-state index contributed by atoms with van der Waals surface area (Å²) in [4.78, 5) is 16.7. The molecule has 2 atom stereocenters. The SMILES string of the molecule is Cc1ccc(CNC(=O)N2CCC(C(C)O)C2)c(N2CCCC2)c1. The van der Waals surface area contributed by atoms with Crippen molar-refractivity contribution in [3.63, 3.8) is 0 Å². The molecule has 2 aliphatic heterocycles. The van der Waals surface area contributed by atoms with E-state index in [4.69, 9.17) is 0 Å². The molecule has 2 saturated heterocycles. The summed E-state index contributed by atoms with van der Waals surface area (Å²) in [7, 11) is 0. The average Bonchev–Trinajstić information content (AvgIpc) is 3.24. The molecule has 2 fully saturated rings. The van der Waals surface area contributed by atoms with Crippen LogP contribution >= 0.6 is 0 Å². The van der Waals surface area contributed by atoms with Gasteiger partial charge in [-0.1, -0.05) is 12.1 Å². The van der Waals surface area contributed by atoms with Crippen LogP contribution in [0.1, 0.15) is 37.3 Å². The van der Waals surface area contributed by atoms with Crippen molar-refractivity contribution >= 4 is 11.7 Å². The van der Waals surface area contributed by atoms with Crippen molar-refractivity contribution in [3.8, 4) is 0 Å². The molecule has 0 radical (unpaired) electrons. The summed E-state index contributed by atoms with van der Waals surface area (Å²) in [5.41, 5.74) is 3.70. The zero-order chi connectivity index (χ0) is 17.1. The first-order chi connectivity index (χ1) is 11.5. The number of benzene rings is 1. The van der Waals surface area contributed by atoms with E-state index in [0.717, 1.165) is 26.1 Å². The predicted octanol–water partition coefficient (Wildman–Crippen LogP) is 2.51. The minimum absolute atomic E-state index is 0.0221. The number of aliphatic hydroxyl groups excluding tert-OH is 1. The highest BCUT2D eigenvalue weighted by atomic mass is 16.3. The standard InChI is InChI=1S/C19H29N3O2/c1-14-5-6-16(18(11-14)21-8-3-4-9-21)12-20-19(24)22-10-7-17(13-22)15(2)23/h5-6,11,15,17,23H,3-4,7-10,12-13H2,1-2H3,(H,20,24). The Morgan fingerprint density at radius 3 is 2.75 bits per heavy atom. The maximum absolute atomic E-state index is 12.4. The van der Waals surface area contributed by atoms with E-state index in [1.165, 1.54) is 29.7 Å². The van der Waals surface area contributed by atoms with Gasteiger partial charge in [-0.25, -0.2) is 4.79 Å². The third kappa shape index (κ3) is 3.83. The molecule has 2 unspecified atom stereocenters. The van der Waals surface area contributed by atoms with Gasteiger partial charge in [0.05, 0.1) is 6.10 Å². The molecule has 1 aromatic rings. The van der Waals surface area contributed by atoms with E-state index in [2.05, 4.69) is 35.3 Å². The Morgan fingerprint density at radius 2 is 2.08 bits per heavy atom. The first kappa shape index (κ1) is 17.1. The van der Waals surface area contributed by atoms with Crippen LogP contribution in [0.3, 0.4) is 0 Å². The summed E-state index contributed by atoms with van der Waals surface area (Å²) in [6.07, 6.45) is 3.03. The summed E-state index contributed by atoms with van der Waals surface area (Å²) >= 11 is 0. The van der Waals surface area contributed by atoms with Gasteiger partial charge in [0.1, 0.15) is 0 Å². The van der Waals surface area contributed by atoms with Gasteiger partial charge in [-0.2, -0.15) is 0 Å². The summed E-state index contributed by atoms with van der Waals surface area (Å²) in [6, 6.07) is 6.45. The Morgan fingerprint density at radius 1 is 1.33 bits per heavy atom. The van der Waals surface area contributed by atoms with E-state index in [-0.39, 0.29) is 18.1 Å². The van der Waals surface area contributed by atoms with Crippen molar-refractivity contribution in [2.24, 2.45) is 5.92 Å². The molecule has 0 spiro atoms. The Kier molecular flexibility index (Phi) is 5.29. The summed E-state index contributed by atoms with van der Waals surface area (Å²) < 4.78 is 0. The number of amides is 2. The molecule has 1 aromatic carbocycles. The van der Waals surface area contributed by atoms with Gasteiger partial charge >= 0.3 is 6.03 Å². The largest absolute Gasteiger partial charge is 0.393 e. The maximum atomic E-state index is 12.4. The van der Waals surface area contributed by atoms with Gasteiger partial charge in [-0.3, -0.25) is 0 Å². The van der Waals surface area contributed by atoms with Crippen LogP contribution in [0.4, 0.5) is 10.5 Å². The van der Waals surface area contributed by atoms with E-state index in [0.29, 0.717) is 13.1 Å². The smallest absolute Gasteiger partial charge is 0.317 e. The second kappa shape index (κ2) is 7.43. The molecule has 0 aliphatic carbocycles. The van der Waals surface area contributed by atoms with Gasteiger partial charge < -0.3 is 20.2 Å². The number of anilines is 1. The van der Waals surface area contributed by atoms with Crippen LogP contribution in [-0.4, -0.2) is 48.3 Å². The number of hydrogen-bond acceptors (Lipinski definition) is 3. The lowest BCUT2D eigenvalue weighted by molar-refractivity contribution is 0.129. The number of carbonyl (C=O) groups excluding carboxylic acids is 1. The van der Waals surface area contributed by atoms with E-state index in [1.54, 1.807) is 6.92 Å². The molecule has 5 heteroatoms. The quantitative estimate of drug-likeness (QED) is 0.891. The minimum Gasteiger partial charge on any atom is -0.393 e. The van der Waals surface area contributed by atoms with Crippen LogP contribution in [0.25, 0.3) is 0 Å². The van der Waals surface area contributed by atoms with E-state index in [9.17, 15) is 9.90 Å². The fourth-order valence-electron chi connectivity index (χ4n) is 3.72. The molecule has 2 amide bonds. The first-order valence-corrected chi connectivity index (χ1v) is 9.10. The number of likely N-dealkylation sites (tertiary alicyclic amines) is 1. The van der Waals surface area contributed by atoms with Crippen LogP contribution < -0.4 is 10.2 Å². The summed E-state index contributed by atoms with van der Waals surface area (Å²) in [5, 5.41) is 12.7. The van der Waals surface area contributed by atoms with Gasteiger partial charge in [-0.05, 0) is 50.3 Å². The number of nitrogens with zero attached hydrogens (tertiary/aromatic N) is 2. The van der Waals surface area contributed by atoms with Crippen molar-refractivity contribution in [1.29, 1.82) is 0 Å². The molecule has 0 aromatic heterocycles. The number of aliphatic hydroxyl groups is 1. The predicted molar refractivity (Wildman–Crippen MR) is 96.2 cm³/mol. The number of carbonyl (C=O) groups is 1. The van der Waals surface area contributed by atoms with E-state index in [1.807, 2.05) is 4.90 Å². The lowest BCUT2D eigenvalue weighted by Crippen LogP contribution is -2.39. The lowest BCUT2D eigenvalue weighted by Gasteiger charge is -2.23. The first-order valence-electron chi connectivity index (χ1n) is 9.10. The van der Waals surface area contributed by atoms with Crippen molar-refractivity contribution < 1.29 is 9.90 Å². The van der Waals surface area contributed by atoms with Crippen molar-refractivity contribution in [2.45, 2.75) is 45.8 Å². The lowest BCUT2D eigenvalue weighted by atomic mass is 10.0. The minimum atomic E-state index is -0.346. The zero-order valence-corrected chi connectivity index (χ0v) is 14.8. The highest BCUT2D eigenvalue weighted by Gasteiger charge is 2.29. The van der Waals surface area contributed by atoms with Crippen LogP contribution in [0.15, 0.2) is 18.2 Å². The number of nitrogens with one attached hydrogen (secondary N) is 1. The van der Waals surface area contributed by atoms with E-state index >= 15 is 0 Å². The fourth-order valence-corrected chi connectivity index (χ4v) is 3.72. The second-order valence-corrected chi connectivity index (χ2v) is 7.22. The molecule has 2 heterocycles. The van der Waals surface area contributed by atoms with Gasteiger partial charge in [0.25, 0.3) is 0 Å². The molecule has 3 rings (SSSR count). The highest BCUT2D eigenvalue weighted by Crippen LogP contribution is 2.26. The molecule has 2 N–H and O–H groups in total. The van der Waals surface area contributed by atoms with Crippen molar-refractivity contribution in [1.82, 2.24) is 10.2 Å². The van der Waals surface area contributed by atoms with Crippen molar-refractivity contribution in [2.75, 3.05) is 31.1 Å². The van der Waals surface area contributed by atoms with Gasteiger partial charge in [0.15, 0.2) is 0 Å². The molecule has 5 nitrogen and oxygen atoms in total. The molecule has 24 heavy (non-hydrogen) atoms. The summed E-state index contributed by atoms with van der Waals surface area (Å²) in [5.74, 6) is 0.204. The number of aryl methyl sites for hydroxylation is 1. The second-order valence-electron chi connectivity index (χ2n) is 7.22. The van der Waals surface area contributed by atoms with Gasteiger partial charge in [0, 0.05) is 44.3 Å². The molecule has 132 valence electrons. The molecule has 0 saturated carbocycles. The third-order valence-corrected chi connectivity index (χ3v) is 5.31. The Bertz CT molecular complexity index is 582. The Hall–Kier alpha value is -1.75. The number of hydrogen-bond donors (Lipinski definition) is 2. The maximum Gasteiger partial charge on any atom is 0.317 e. The average molecular weight is 331 g/mol. The highest BCUT2D eigenvalue weighted by molar-refractivity contribution is 5.75. The molecule has 0 bridgehead atoms. The Balaban J connectivity index is 1.61.